The third-order valence-electron chi connectivity index (χ3n) is 2.74. The average molecular weight is 216 g/mol. The topological polar surface area (TPSA) is 49.5 Å². The van der Waals surface area contributed by atoms with Crippen LogP contribution in [-0.2, 0) is 0 Å². The van der Waals surface area contributed by atoms with Gasteiger partial charge in [-0.05, 0) is 45.2 Å². The lowest BCUT2D eigenvalue weighted by atomic mass is 9.82. The van der Waals surface area contributed by atoms with Crippen LogP contribution in [0, 0.1) is 5.92 Å². The van der Waals surface area contributed by atoms with Crippen LogP contribution < -0.4 is 5.73 Å². The highest BCUT2D eigenvalue weighted by atomic mass is 32.1. The summed E-state index contributed by atoms with van der Waals surface area (Å²) < 4.78 is 0. The normalized spacial score (nSPS) is 26.2. The molecule has 0 unspecified atom stereocenters. The van der Waals surface area contributed by atoms with Crippen LogP contribution in [0.25, 0.3) is 0 Å². The highest BCUT2D eigenvalue weighted by Crippen LogP contribution is 2.27. The van der Waals surface area contributed by atoms with Gasteiger partial charge >= 0.3 is 0 Å². The molecule has 1 saturated carbocycles. The lowest BCUT2D eigenvalue weighted by Crippen LogP contribution is -2.37. The van der Waals surface area contributed by atoms with Crippen molar-refractivity contribution in [3.63, 3.8) is 0 Å². The van der Waals surface area contributed by atoms with Crippen LogP contribution in [0.3, 0.4) is 0 Å². The number of aliphatic hydroxyl groups is 1. The molecule has 3 N–H and O–H groups in total. The Hall–Kier alpha value is -0.190. The van der Waals surface area contributed by atoms with E-state index in [-0.39, 0.29) is 6.10 Å². The number of thiocarbonyl (C=S) groups is 1. The molecular formula is C10H20N2OS. The van der Waals surface area contributed by atoms with Crippen LogP contribution in [0.1, 0.15) is 25.7 Å². The van der Waals surface area contributed by atoms with Gasteiger partial charge in [-0.1, -0.05) is 12.2 Å². The van der Waals surface area contributed by atoms with E-state index in [0.29, 0.717) is 10.9 Å². The Kier molecular flexibility index (Phi) is 4.78. The third-order valence-corrected chi connectivity index (χ3v) is 2.95. The van der Waals surface area contributed by atoms with Gasteiger partial charge in [0.25, 0.3) is 0 Å². The second-order valence-corrected chi connectivity index (χ2v) is 4.85. The van der Waals surface area contributed by atoms with Crippen molar-refractivity contribution < 1.29 is 5.11 Å². The molecule has 0 aromatic carbocycles. The molecule has 0 spiro atoms. The van der Waals surface area contributed by atoms with Gasteiger partial charge in [-0.3, -0.25) is 0 Å². The predicted molar refractivity (Wildman–Crippen MR) is 62.2 cm³/mol. The molecule has 0 aliphatic heterocycles. The van der Waals surface area contributed by atoms with Crippen LogP contribution in [0.15, 0.2) is 0 Å². The van der Waals surface area contributed by atoms with Crippen molar-refractivity contribution in [1.29, 1.82) is 0 Å². The Morgan fingerprint density at radius 2 is 2.21 bits per heavy atom. The van der Waals surface area contributed by atoms with Crippen molar-refractivity contribution in [2.24, 2.45) is 11.7 Å². The van der Waals surface area contributed by atoms with E-state index in [4.69, 9.17) is 23.1 Å². The number of rotatable bonds is 6. The number of aliphatic hydroxyl groups excluding tert-OH is 1. The maximum atomic E-state index is 9.13. The van der Waals surface area contributed by atoms with Gasteiger partial charge in [0.15, 0.2) is 0 Å². The fraction of sp³-hybridized carbons (Fsp3) is 0.900. The van der Waals surface area contributed by atoms with E-state index in [2.05, 4.69) is 11.9 Å². The molecule has 4 heteroatoms. The van der Waals surface area contributed by atoms with E-state index in [1.54, 1.807) is 0 Å². The largest absolute Gasteiger partial charge is 0.393 e. The summed E-state index contributed by atoms with van der Waals surface area (Å²) in [6.45, 7) is 2.14. The summed E-state index contributed by atoms with van der Waals surface area (Å²) in [5.74, 6) is 0.694. The van der Waals surface area contributed by atoms with Crippen molar-refractivity contribution in [2.75, 3.05) is 20.1 Å². The first-order valence-corrected chi connectivity index (χ1v) is 5.63. The molecular weight excluding hydrogens is 196 g/mol. The Bertz CT molecular complexity index is 193. The van der Waals surface area contributed by atoms with Crippen molar-refractivity contribution in [3.8, 4) is 0 Å². The molecule has 0 bridgehead atoms. The molecule has 0 saturated heterocycles. The minimum absolute atomic E-state index is 0.0370. The minimum atomic E-state index is -0.0370. The van der Waals surface area contributed by atoms with Crippen LogP contribution in [-0.4, -0.2) is 41.2 Å². The molecule has 1 aliphatic rings. The molecule has 0 heterocycles. The summed E-state index contributed by atoms with van der Waals surface area (Å²) in [7, 11) is 2.12. The van der Waals surface area contributed by atoms with E-state index < -0.39 is 0 Å². The van der Waals surface area contributed by atoms with Gasteiger partial charge in [0, 0.05) is 6.54 Å². The Morgan fingerprint density at radius 3 is 2.71 bits per heavy atom. The summed E-state index contributed by atoms with van der Waals surface area (Å²) in [5, 5.41) is 9.13. The average Bonchev–Trinajstić information content (AvgIpc) is 2.00. The molecule has 3 nitrogen and oxygen atoms in total. The van der Waals surface area contributed by atoms with Crippen molar-refractivity contribution in [3.05, 3.63) is 0 Å². The van der Waals surface area contributed by atoms with E-state index in [1.807, 2.05) is 0 Å². The summed E-state index contributed by atoms with van der Waals surface area (Å²) in [6, 6.07) is 0. The van der Waals surface area contributed by atoms with Crippen LogP contribution in [0.2, 0.25) is 0 Å². The van der Waals surface area contributed by atoms with E-state index in [1.165, 1.54) is 0 Å². The van der Waals surface area contributed by atoms with Gasteiger partial charge < -0.3 is 15.7 Å². The first kappa shape index (κ1) is 11.9. The maximum absolute atomic E-state index is 9.13. The minimum Gasteiger partial charge on any atom is -0.393 e. The van der Waals surface area contributed by atoms with Gasteiger partial charge in [-0.2, -0.15) is 0 Å². The van der Waals surface area contributed by atoms with Gasteiger partial charge in [-0.15, -0.1) is 0 Å². The molecule has 1 fully saturated rings. The first-order chi connectivity index (χ1) is 6.58. The zero-order chi connectivity index (χ0) is 10.6. The fourth-order valence-electron chi connectivity index (χ4n) is 1.90. The summed E-state index contributed by atoms with van der Waals surface area (Å²) in [5.41, 5.74) is 5.42. The fourth-order valence-corrected chi connectivity index (χ4v) is 2.05. The number of nitrogens with zero attached hydrogens (tertiary/aromatic N) is 1. The summed E-state index contributed by atoms with van der Waals surface area (Å²) in [4.78, 5) is 2.91. The van der Waals surface area contributed by atoms with Gasteiger partial charge in [0.2, 0.25) is 0 Å². The molecule has 0 radical (unpaired) electrons. The molecule has 1 rings (SSSR count). The standard InChI is InChI=1S/C10H20N2OS/c1-12(4-2-3-10(11)14)7-8-5-9(13)6-8/h8-9,13H,2-7H2,1H3,(H2,11,14). The molecule has 14 heavy (non-hydrogen) atoms. The Morgan fingerprint density at radius 1 is 1.57 bits per heavy atom. The molecule has 0 amide bonds. The van der Waals surface area contributed by atoms with Gasteiger partial charge in [0.1, 0.15) is 0 Å². The number of nitrogens with two attached hydrogens (primary N) is 1. The smallest absolute Gasteiger partial charge is 0.0727 e. The second kappa shape index (κ2) is 5.63. The number of hydrogen-bond donors (Lipinski definition) is 2. The highest BCUT2D eigenvalue weighted by Gasteiger charge is 2.27. The van der Waals surface area contributed by atoms with E-state index in [0.717, 1.165) is 38.8 Å². The Balaban J connectivity index is 1.99. The first-order valence-electron chi connectivity index (χ1n) is 5.23. The van der Waals surface area contributed by atoms with Crippen LogP contribution in [0.5, 0.6) is 0 Å². The summed E-state index contributed by atoms with van der Waals surface area (Å²) in [6.07, 6.45) is 3.79. The van der Waals surface area contributed by atoms with Gasteiger partial charge in [-0.25, -0.2) is 0 Å². The lowest BCUT2D eigenvalue weighted by molar-refractivity contribution is 0.0283. The Labute approximate surface area is 91.3 Å². The van der Waals surface area contributed by atoms with E-state index >= 15 is 0 Å². The van der Waals surface area contributed by atoms with Crippen molar-refractivity contribution in [1.82, 2.24) is 4.90 Å². The van der Waals surface area contributed by atoms with Gasteiger partial charge in [0.05, 0.1) is 11.1 Å². The predicted octanol–water partition coefficient (Wildman–Crippen LogP) is 0.755. The van der Waals surface area contributed by atoms with Crippen LogP contribution >= 0.6 is 12.2 Å². The van der Waals surface area contributed by atoms with E-state index in [9.17, 15) is 0 Å². The zero-order valence-corrected chi connectivity index (χ0v) is 9.59. The monoisotopic (exact) mass is 216 g/mol. The molecule has 0 aromatic rings. The lowest BCUT2D eigenvalue weighted by Gasteiger charge is -2.34. The molecule has 0 atom stereocenters. The molecule has 0 aromatic heterocycles. The zero-order valence-electron chi connectivity index (χ0n) is 8.78. The SMILES string of the molecule is CN(CCCC(N)=S)CC1CC(O)C1. The highest BCUT2D eigenvalue weighted by molar-refractivity contribution is 7.80. The molecule has 82 valence electrons. The van der Waals surface area contributed by atoms with Crippen LogP contribution in [0.4, 0.5) is 0 Å². The maximum Gasteiger partial charge on any atom is 0.0727 e. The summed E-state index contributed by atoms with van der Waals surface area (Å²) >= 11 is 4.81. The third kappa shape index (κ3) is 4.35. The van der Waals surface area contributed by atoms with Crippen molar-refractivity contribution >= 4 is 17.2 Å². The molecule has 1 aliphatic carbocycles. The number of hydrogen-bond acceptors (Lipinski definition) is 3. The van der Waals surface area contributed by atoms with Crippen molar-refractivity contribution in [2.45, 2.75) is 31.8 Å². The second-order valence-electron chi connectivity index (χ2n) is 4.32. The quantitative estimate of drug-likeness (QED) is 0.644.